The van der Waals surface area contributed by atoms with Gasteiger partial charge in [-0.3, -0.25) is 4.79 Å². The number of thiophene rings is 1. The molecule has 3 nitrogen and oxygen atoms in total. The van der Waals surface area contributed by atoms with Crippen molar-refractivity contribution in [3.05, 3.63) is 21.4 Å². The molecule has 4 heteroatoms. The van der Waals surface area contributed by atoms with Crippen molar-refractivity contribution in [3.63, 3.8) is 0 Å². The third-order valence-electron chi connectivity index (χ3n) is 3.38. The van der Waals surface area contributed by atoms with Crippen LogP contribution in [0.15, 0.2) is 6.07 Å². The van der Waals surface area contributed by atoms with Gasteiger partial charge in [-0.2, -0.15) is 0 Å². The van der Waals surface area contributed by atoms with Crippen molar-refractivity contribution in [2.45, 2.75) is 38.6 Å². The normalized spacial score (nSPS) is 17.9. The van der Waals surface area contributed by atoms with Gasteiger partial charge in [0, 0.05) is 4.88 Å². The highest BCUT2D eigenvalue weighted by Crippen LogP contribution is 2.32. The Bertz CT molecular complexity index is 382. The Kier molecular flexibility index (Phi) is 3.04. The molecule has 0 spiro atoms. The van der Waals surface area contributed by atoms with Crippen molar-refractivity contribution in [2.75, 3.05) is 6.61 Å². The van der Waals surface area contributed by atoms with Gasteiger partial charge in [0.15, 0.2) is 0 Å². The van der Waals surface area contributed by atoms with Crippen molar-refractivity contribution in [3.8, 4) is 0 Å². The summed E-state index contributed by atoms with van der Waals surface area (Å²) in [6, 6.07) is 1.92. The maximum Gasteiger partial charge on any atom is 0.261 e. The number of carbonyl (C=O) groups is 1. The van der Waals surface area contributed by atoms with E-state index in [2.05, 4.69) is 5.32 Å². The summed E-state index contributed by atoms with van der Waals surface area (Å²) in [5, 5.41) is 12.2. The summed E-state index contributed by atoms with van der Waals surface area (Å²) in [7, 11) is 0. The zero-order chi connectivity index (χ0) is 11.8. The highest BCUT2D eigenvalue weighted by molar-refractivity contribution is 7.14. The molecule has 1 aromatic rings. The molecular formula is C12H17NO2S. The Labute approximate surface area is 99.5 Å². The standard InChI is InChI=1S/C12H17NO2S/c1-8-6-10(16-9(8)2)11(15)13-12(7-14)4-3-5-12/h6,14H,3-5,7H2,1-2H3,(H,13,15). The van der Waals surface area contributed by atoms with E-state index in [0.717, 1.165) is 29.7 Å². The monoisotopic (exact) mass is 239 g/mol. The van der Waals surface area contributed by atoms with Gasteiger partial charge in [0.25, 0.3) is 5.91 Å². The Morgan fingerprint density at radius 2 is 2.25 bits per heavy atom. The summed E-state index contributed by atoms with van der Waals surface area (Å²) in [4.78, 5) is 13.9. The fraction of sp³-hybridized carbons (Fsp3) is 0.583. The van der Waals surface area contributed by atoms with Crippen LogP contribution in [0.1, 0.15) is 39.4 Å². The molecule has 1 fully saturated rings. The van der Waals surface area contributed by atoms with Crippen LogP contribution in [0.4, 0.5) is 0 Å². The number of aliphatic hydroxyl groups excluding tert-OH is 1. The van der Waals surface area contributed by atoms with Crippen LogP contribution >= 0.6 is 11.3 Å². The molecule has 0 bridgehead atoms. The lowest BCUT2D eigenvalue weighted by Crippen LogP contribution is -2.56. The van der Waals surface area contributed by atoms with Crippen molar-refractivity contribution < 1.29 is 9.90 Å². The minimum atomic E-state index is -0.344. The molecule has 0 aromatic carbocycles. The molecule has 1 aromatic heterocycles. The molecule has 0 radical (unpaired) electrons. The van der Waals surface area contributed by atoms with Crippen LogP contribution in [-0.2, 0) is 0 Å². The van der Waals surface area contributed by atoms with Gasteiger partial charge in [0.2, 0.25) is 0 Å². The Hall–Kier alpha value is -0.870. The SMILES string of the molecule is Cc1cc(C(=O)NC2(CO)CCC2)sc1C. The van der Waals surface area contributed by atoms with Crippen molar-refractivity contribution in [1.29, 1.82) is 0 Å². The second-order valence-corrected chi connectivity index (χ2v) is 5.85. The Balaban J connectivity index is 2.08. The average molecular weight is 239 g/mol. The predicted octanol–water partition coefficient (Wildman–Crippen LogP) is 2.01. The van der Waals surface area contributed by atoms with Crippen LogP contribution < -0.4 is 5.32 Å². The number of nitrogens with one attached hydrogen (secondary N) is 1. The quantitative estimate of drug-likeness (QED) is 0.847. The topological polar surface area (TPSA) is 49.3 Å². The molecule has 0 saturated heterocycles. The second-order valence-electron chi connectivity index (χ2n) is 4.60. The molecule has 0 unspecified atom stereocenters. The van der Waals surface area contributed by atoms with Gasteiger partial charge in [0.05, 0.1) is 17.0 Å². The van der Waals surface area contributed by atoms with Gasteiger partial charge in [-0.05, 0) is 44.7 Å². The summed E-state index contributed by atoms with van der Waals surface area (Å²) in [6.45, 7) is 4.07. The van der Waals surface area contributed by atoms with Crippen molar-refractivity contribution in [1.82, 2.24) is 5.32 Å². The fourth-order valence-corrected chi connectivity index (χ4v) is 2.84. The van der Waals surface area contributed by atoms with E-state index in [1.807, 2.05) is 19.9 Å². The van der Waals surface area contributed by atoms with Gasteiger partial charge in [-0.25, -0.2) is 0 Å². The number of hydrogen-bond donors (Lipinski definition) is 2. The first-order chi connectivity index (χ1) is 7.56. The van der Waals surface area contributed by atoms with Crippen molar-refractivity contribution in [2.24, 2.45) is 0 Å². The highest BCUT2D eigenvalue weighted by Gasteiger charge is 2.38. The van der Waals surface area contributed by atoms with Gasteiger partial charge in [-0.1, -0.05) is 0 Å². The van der Waals surface area contributed by atoms with E-state index in [-0.39, 0.29) is 18.1 Å². The van der Waals surface area contributed by atoms with E-state index < -0.39 is 0 Å². The Morgan fingerprint density at radius 1 is 1.56 bits per heavy atom. The lowest BCUT2D eigenvalue weighted by molar-refractivity contribution is 0.0645. The van der Waals surface area contributed by atoms with Crippen LogP contribution in [-0.4, -0.2) is 23.2 Å². The molecule has 1 aliphatic rings. The molecule has 0 aliphatic heterocycles. The number of aliphatic hydroxyl groups is 1. The summed E-state index contributed by atoms with van der Waals surface area (Å²) < 4.78 is 0. The number of carbonyl (C=O) groups excluding carboxylic acids is 1. The first-order valence-corrected chi connectivity index (χ1v) is 6.38. The fourth-order valence-electron chi connectivity index (χ4n) is 1.91. The largest absolute Gasteiger partial charge is 0.394 e. The summed E-state index contributed by atoms with van der Waals surface area (Å²) in [6.07, 6.45) is 2.86. The lowest BCUT2D eigenvalue weighted by atomic mass is 9.77. The van der Waals surface area contributed by atoms with Crippen LogP contribution in [0.25, 0.3) is 0 Å². The van der Waals surface area contributed by atoms with Crippen LogP contribution in [0.5, 0.6) is 0 Å². The van der Waals surface area contributed by atoms with E-state index in [1.54, 1.807) is 0 Å². The second kappa shape index (κ2) is 4.18. The smallest absolute Gasteiger partial charge is 0.261 e. The Morgan fingerprint density at radius 3 is 2.62 bits per heavy atom. The number of amides is 1. The average Bonchev–Trinajstić information content (AvgIpc) is 2.53. The predicted molar refractivity (Wildman–Crippen MR) is 64.9 cm³/mol. The molecule has 0 atom stereocenters. The first kappa shape index (κ1) is 11.6. The summed E-state index contributed by atoms with van der Waals surface area (Å²) >= 11 is 1.51. The van der Waals surface area contributed by atoms with Crippen LogP contribution in [0.2, 0.25) is 0 Å². The third-order valence-corrected chi connectivity index (χ3v) is 4.53. The molecule has 88 valence electrons. The lowest BCUT2D eigenvalue weighted by Gasteiger charge is -2.40. The van der Waals surface area contributed by atoms with Gasteiger partial charge < -0.3 is 10.4 Å². The summed E-state index contributed by atoms with van der Waals surface area (Å²) in [5.74, 6) is -0.0463. The summed E-state index contributed by atoms with van der Waals surface area (Å²) in [5.41, 5.74) is 0.810. The highest BCUT2D eigenvalue weighted by atomic mass is 32.1. The van der Waals surface area contributed by atoms with Gasteiger partial charge in [-0.15, -0.1) is 11.3 Å². The molecule has 1 saturated carbocycles. The number of rotatable bonds is 3. The van der Waals surface area contributed by atoms with Crippen LogP contribution in [0, 0.1) is 13.8 Å². The maximum atomic E-state index is 12.0. The molecule has 2 N–H and O–H groups in total. The number of aryl methyl sites for hydroxylation is 2. The molecule has 16 heavy (non-hydrogen) atoms. The zero-order valence-electron chi connectivity index (χ0n) is 9.67. The maximum absolute atomic E-state index is 12.0. The van der Waals surface area contributed by atoms with Crippen LogP contribution in [0.3, 0.4) is 0 Å². The molecule has 1 aliphatic carbocycles. The minimum absolute atomic E-state index is 0.0437. The van der Waals surface area contributed by atoms with Crippen molar-refractivity contribution >= 4 is 17.2 Å². The minimum Gasteiger partial charge on any atom is -0.394 e. The first-order valence-electron chi connectivity index (χ1n) is 5.57. The van der Waals surface area contributed by atoms with E-state index in [9.17, 15) is 9.90 Å². The molecule has 2 rings (SSSR count). The van der Waals surface area contributed by atoms with Gasteiger partial charge in [0.1, 0.15) is 0 Å². The molecular weight excluding hydrogens is 222 g/mol. The van der Waals surface area contributed by atoms with E-state index in [1.165, 1.54) is 16.2 Å². The van der Waals surface area contributed by atoms with E-state index in [0.29, 0.717) is 0 Å². The molecule has 1 heterocycles. The molecule has 1 amide bonds. The van der Waals surface area contributed by atoms with Gasteiger partial charge >= 0.3 is 0 Å². The zero-order valence-corrected chi connectivity index (χ0v) is 10.5. The number of hydrogen-bond acceptors (Lipinski definition) is 3. The van der Waals surface area contributed by atoms with E-state index >= 15 is 0 Å². The third kappa shape index (κ3) is 1.99. The van der Waals surface area contributed by atoms with E-state index in [4.69, 9.17) is 0 Å².